The molecule has 0 aliphatic rings. The molecule has 0 saturated carbocycles. The molecule has 5 rings (SSSR count). The number of carbonyl (C=O) groups excluding carboxylic acids is 2. The van der Waals surface area contributed by atoms with Crippen LogP contribution in [0.15, 0.2) is 95.4 Å². The second-order valence-corrected chi connectivity index (χ2v) is 11.5. The van der Waals surface area contributed by atoms with E-state index in [1.807, 2.05) is 80.7 Å². The highest BCUT2D eigenvalue weighted by Gasteiger charge is 2.12. The van der Waals surface area contributed by atoms with Crippen LogP contribution in [0.25, 0.3) is 11.3 Å². The minimum absolute atomic E-state index is 0.177. The van der Waals surface area contributed by atoms with Crippen LogP contribution in [0.1, 0.15) is 39.5 Å². The highest BCUT2D eigenvalue weighted by Crippen LogP contribution is 2.29. The standard InChI is InChI=1S/C36H35N5O4S/c1-5-44-33-19-26(10-17-32(33)45-21-34(42)39-30-18-24(3)6-9-25(30)4)20-37-41-35(43)28-13-11-27(12-14-28)31-22-46-36(40-31)38-29-15-7-23(2)8-16-29/h6-20,22H,5,21H2,1-4H3,(H,38,40)(H,39,42)(H,41,43)/b37-20+. The smallest absolute Gasteiger partial charge is 0.271 e. The molecule has 234 valence electrons. The molecular formula is C36H35N5O4S. The predicted octanol–water partition coefficient (Wildman–Crippen LogP) is 7.66. The van der Waals surface area contributed by atoms with Gasteiger partial charge in [0.25, 0.3) is 11.8 Å². The number of ether oxygens (including phenoxy) is 2. The van der Waals surface area contributed by atoms with Crippen LogP contribution in [0.4, 0.5) is 16.5 Å². The lowest BCUT2D eigenvalue weighted by molar-refractivity contribution is -0.118. The van der Waals surface area contributed by atoms with Gasteiger partial charge in [-0.05, 0) is 92.9 Å². The van der Waals surface area contributed by atoms with E-state index in [9.17, 15) is 9.59 Å². The van der Waals surface area contributed by atoms with E-state index >= 15 is 0 Å². The number of hydrazone groups is 1. The second kappa shape index (κ2) is 15.0. The summed E-state index contributed by atoms with van der Waals surface area (Å²) in [5, 5.41) is 13.1. The number of hydrogen-bond acceptors (Lipinski definition) is 8. The third kappa shape index (κ3) is 8.58. The van der Waals surface area contributed by atoms with Crippen LogP contribution in [0.3, 0.4) is 0 Å². The van der Waals surface area contributed by atoms with Crippen LogP contribution in [-0.2, 0) is 4.79 Å². The highest BCUT2D eigenvalue weighted by molar-refractivity contribution is 7.14. The van der Waals surface area contributed by atoms with Crippen LogP contribution < -0.4 is 25.5 Å². The molecule has 4 aromatic carbocycles. The monoisotopic (exact) mass is 633 g/mol. The molecule has 0 spiro atoms. The average Bonchev–Trinajstić information content (AvgIpc) is 3.52. The van der Waals surface area contributed by atoms with Crippen molar-refractivity contribution in [1.29, 1.82) is 0 Å². The van der Waals surface area contributed by atoms with E-state index in [2.05, 4.69) is 33.1 Å². The number of carbonyl (C=O) groups is 2. The van der Waals surface area contributed by atoms with Crippen LogP contribution in [0, 0.1) is 20.8 Å². The number of aryl methyl sites for hydroxylation is 3. The third-order valence-electron chi connectivity index (χ3n) is 6.92. The van der Waals surface area contributed by atoms with Crippen LogP contribution in [-0.4, -0.2) is 36.2 Å². The molecule has 0 atom stereocenters. The van der Waals surface area contributed by atoms with Gasteiger partial charge < -0.3 is 20.1 Å². The van der Waals surface area contributed by atoms with E-state index in [1.165, 1.54) is 23.1 Å². The maximum atomic E-state index is 12.7. The van der Waals surface area contributed by atoms with Crippen molar-refractivity contribution in [2.45, 2.75) is 27.7 Å². The Labute approximate surface area is 272 Å². The summed E-state index contributed by atoms with van der Waals surface area (Å²) in [4.78, 5) is 29.9. The Morgan fingerprint density at radius 2 is 1.63 bits per heavy atom. The Kier molecular flexibility index (Phi) is 10.4. The van der Waals surface area contributed by atoms with Gasteiger partial charge in [-0.3, -0.25) is 9.59 Å². The van der Waals surface area contributed by atoms with E-state index in [4.69, 9.17) is 9.47 Å². The number of rotatable bonds is 12. The Balaban J connectivity index is 1.15. The molecule has 3 N–H and O–H groups in total. The zero-order valence-electron chi connectivity index (χ0n) is 26.1. The lowest BCUT2D eigenvalue weighted by atomic mass is 10.1. The summed E-state index contributed by atoms with van der Waals surface area (Å²) in [6.45, 7) is 8.05. The van der Waals surface area contributed by atoms with E-state index in [1.54, 1.807) is 30.3 Å². The number of hydrogen-bond donors (Lipinski definition) is 3. The van der Waals surface area contributed by atoms with Gasteiger partial charge in [0.05, 0.1) is 18.5 Å². The highest BCUT2D eigenvalue weighted by atomic mass is 32.1. The quantitative estimate of drug-likeness (QED) is 0.0960. The van der Waals surface area contributed by atoms with Crippen LogP contribution >= 0.6 is 11.3 Å². The maximum Gasteiger partial charge on any atom is 0.271 e. The molecular weight excluding hydrogens is 598 g/mol. The van der Waals surface area contributed by atoms with Crippen molar-refractivity contribution < 1.29 is 19.1 Å². The normalized spacial score (nSPS) is 10.9. The summed E-state index contributed by atoms with van der Waals surface area (Å²) < 4.78 is 11.5. The van der Waals surface area contributed by atoms with Gasteiger partial charge in [-0.15, -0.1) is 11.3 Å². The Bertz CT molecular complexity index is 1850. The molecule has 2 amide bonds. The number of benzene rings is 4. The summed E-state index contributed by atoms with van der Waals surface area (Å²) in [5.74, 6) is 0.274. The van der Waals surface area contributed by atoms with E-state index in [0.717, 1.165) is 38.9 Å². The molecule has 0 fully saturated rings. The first-order valence-electron chi connectivity index (χ1n) is 14.8. The van der Waals surface area contributed by atoms with Gasteiger partial charge in [-0.25, -0.2) is 10.4 Å². The number of amides is 2. The molecule has 1 heterocycles. The second-order valence-electron chi connectivity index (χ2n) is 10.6. The molecule has 1 aromatic heterocycles. The first-order valence-corrected chi connectivity index (χ1v) is 15.6. The number of nitrogens with one attached hydrogen (secondary N) is 3. The summed E-state index contributed by atoms with van der Waals surface area (Å²) >= 11 is 1.52. The maximum absolute atomic E-state index is 12.7. The Morgan fingerprint density at radius 1 is 0.870 bits per heavy atom. The fourth-order valence-corrected chi connectivity index (χ4v) is 5.18. The predicted molar refractivity (Wildman–Crippen MR) is 185 cm³/mol. The van der Waals surface area contributed by atoms with E-state index < -0.39 is 0 Å². The van der Waals surface area contributed by atoms with Crippen molar-refractivity contribution in [1.82, 2.24) is 10.4 Å². The number of aromatic nitrogens is 1. The first kappa shape index (κ1) is 31.9. The molecule has 5 aromatic rings. The lowest BCUT2D eigenvalue weighted by Crippen LogP contribution is -2.21. The van der Waals surface area contributed by atoms with Crippen molar-refractivity contribution in [2.75, 3.05) is 23.8 Å². The van der Waals surface area contributed by atoms with Gasteiger partial charge in [0.2, 0.25) is 0 Å². The lowest BCUT2D eigenvalue weighted by Gasteiger charge is -2.13. The molecule has 0 bridgehead atoms. The van der Waals surface area contributed by atoms with Gasteiger partial charge >= 0.3 is 0 Å². The summed E-state index contributed by atoms with van der Waals surface area (Å²) in [7, 11) is 0. The summed E-state index contributed by atoms with van der Waals surface area (Å²) in [5.41, 5.74) is 10.4. The van der Waals surface area contributed by atoms with Crippen LogP contribution in [0.2, 0.25) is 0 Å². The summed E-state index contributed by atoms with van der Waals surface area (Å²) in [6, 6.07) is 26.4. The van der Waals surface area contributed by atoms with Crippen molar-refractivity contribution >= 4 is 45.9 Å². The fraction of sp³-hybridized carbons (Fsp3) is 0.167. The Morgan fingerprint density at radius 3 is 2.39 bits per heavy atom. The zero-order valence-corrected chi connectivity index (χ0v) is 26.9. The molecule has 46 heavy (non-hydrogen) atoms. The number of nitrogens with zero attached hydrogens (tertiary/aromatic N) is 2. The molecule has 10 heteroatoms. The summed E-state index contributed by atoms with van der Waals surface area (Å²) in [6.07, 6.45) is 1.52. The fourth-order valence-electron chi connectivity index (χ4n) is 4.44. The topological polar surface area (TPSA) is 114 Å². The largest absolute Gasteiger partial charge is 0.490 e. The van der Waals surface area contributed by atoms with Crippen molar-refractivity contribution in [3.63, 3.8) is 0 Å². The number of thiazole rings is 1. The minimum atomic E-state index is -0.345. The first-order chi connectivity index (χ1) is 22.3. The molecule has 0 saturated heterocycles. The van der Waals surface area contributed by atoms with Crippen molar-refractivity contribution in [2.24, 2.45) is 5.10 Å². The van der Waals surface area contributed by atoms with Crippen molar-refractivity contribution in [3.8, 4) is 22.8 Å². The van der Waals surface area contributed by atoms with E-state index in [-0.39, 0.29) is 18.4 Å². The van der Waals surface area contributed by atoms with Crippen molar-refractivity contribution in [3.05, 3.63) is 118 Å². The number of anilines is 3. The molecule has 0 aliphatic carbocycles. The van der Waals surface area contributed by atoms with E-state index in [0.29, 0.717) is 29.2 Å². The molecule has 0 radical (unpaired) electrons. The third-order valence-corrected chi connectivity index (χ3v) is 7.68. The SMILES string of the molecule is CCOc1cc(/C=N/NC(=O)c2ccc(-c3csc(Nc4ccc(C)cc4)n3)cc2)ccc1OCC(=O)Nc1cc(C)ccc1C. The van der Waals surface area contributed by atoms with Crippen LogP contribution in [0.5, 0.6) is 11.5 Å². The zero-order chi connectivity index (χ0) is 32.5. The average molecular weight is 634 g/mol. The molecule has 9 nitrogen and oxygen atoms in total. The van der Waals surface area contributed by atoms with Gasteiger partial charge in [0.15, 0.2) is 23.2 Å². The Hall–Kier alpha value is -5.48. The van der Waals surface area contributed by atoms with Gasteiger partial charge in [-0.1, -0.05) is 42.0 Å². The minimum Gasteiger partial charge on any atom is -0.490 e. The molecule has 0 unspecified atom stereocenters. The van der Waals surface area contributed by atoms with Gasteiger partial charge in [0.1, 0.15) is 0 Å². The molecule has 0 aliphatic heterocycles. The van der Waals surface area contributed by atoms with Gasteiger partial charge in [-0.2, -0.15) is 5.10 Å². The van der Waals surface area contributed by atoms with Gasteiger partial charge in [0, 0.05) is 27.9 Å².